The van der Waals surface area contributed by atoms with Crippen LogP contribution in [0.25, 0.3) is 28.0 Å². The Hall–Kier alpha value is -4.25. The zero-order chi connectivity index (χ0) is 28.3. The quantitative estimate of drug-likeness (QED) is 0.292. The summed E-state index contributed by atoms with van der Waals surface area (Å²) in [5.74, 6) is -2.98. The van der Waals surface area contributed by atoms with E-state index in [9.17, 15) is 18.4 Å². The largest absolute Gasteiger partial charge is 0.352 e. The van der Waals surface area contributed by atoms with Crippen LogP contribution in [0.15, 0.2) is 47.3 Å². The Morgan fingerprint density at radius 3 is 2.31 bits per heavy atom. The number of amides is 1. The molecule has 0 aliphatic heterocycles. The lowest BCUT2D eigenvalue weighted by molar-refractivity contribution is 0.0953. The summed E-state index contributed by atoms with van der Waals surface area (Å²) in [5, 5.41) is 4.74. The van der Waals surface area contributed by atoms with Crippen molar-refractivity contribution in [2.45, 2.75) is 34.1 Å². The first-order valence-electron chi connectivity index (χ1n) is 12.7. The minimum atomic E-state index is -0.958. The predicted molar refractivity (Wildman–Crippen MR) is 144 cm³/mol. The molecule has 1 amide bonds. The van der Waals surface area contributed by atoms with Crippen LogP contribution in [0.3, 0.4) is 0 Å². The molecule has 2 aromatic heterocycles. The lowest BCUT2D eigenvalue weighted by Gasteiger charge is -2.21. The molecule has 0 saturated heterocycles. The van der Waals surface area contributed by atoms with Gasteiger partial charge in [-0.2, -0.15) is 4.98 Å². The van der Waals surface area contributed by atoms with Gasteiger partial charge in [-0.25, -0.2) is 23.2 Å². The summed E-state index contributed by atoms with van der Waals surface area (Å²) in [5.41, 5.74) is 2.37. The number of rotatable bonds is 9. The fourth-order valence-corrected chi connectivity index (χ4v) is 4.21. The van der Waals surface area contributed by atoms with Crippen molar-refractivity contribution in [2.24, 2.45) is 0 Å². The van der Waals surface area contributed by atoms with Crippen molar-refractivity contribution in [3.63, 3.8) is 0 Å². The molecule has 204 valence electrons. The van der Waals surface area contributed by atoms with E-state index in [1.165, 1.54) is 25.1 Å². The summed E-state index contributed by atoms with van der Waals surface area (Å²) >= 11 is 0. The molecule has 11 heteroatoms. The fraction of sp³-hybridized carbons (Fsp3) is 0.286. The van der Waals surface area contributed by atoms with Crippen molar-refractivity contribution in [1.82, 2.24) is 24.9 Å². The van der Waals surface area contributed by atoms with Crippen LogP contribution in [0, 0.1) is 24.4 Å². The Bertz CT molecular complexity index is 1580. The Morgan fingerprint density at radius 1 is 0.974 bits per heavy atom. The van der Waals surface area contributed by atoms with E-state index in [-0.39, 0.29) is 39.4 Å². The Labute approximate surface area is 223 Å². The third kappa shape index (κ3) is 5.49. The zero-order valence-corrected chi connectivity index (χ0v) is 22.1. The molecule has 0 fully saturated rings. The Balaban J connectivity index is 2.08. The fourth-order valence-electron chi connectivity index (χ4n) is 4.21. The van der Waals surface area contributed by atoms with Crippen molar-refractivity contribution < 1.29 is 18.0 Å². The van der Waals surface area contributed by atoms with Crippen molar-refractivity contribution >= 4 is 22.9 Å². The SMILES string of the molecule is CCCNC(=O)c1cc(F)c(C)c(-c2nc(NN(CC)CC)nc3c2ccc(=O)n3-c2c(F)cccc2F)c1. The Morgan fingerprint density at radius 2 is 1.67 bits per heavy atom. The second-order valence-electron chi connectivity index (χ2n) is 8.88. The number of benzene rings is 2. The maximum Gasteiger partial charge on any atom is 0.256 e. The number of carbonyl (C=O) groups is 1. The first-order valence-corrected chi connectivity index (χ1v) is 12.7. The molecular formula is C28H29F3N6O2. The maximum absolute atomic E-state index is 15.1. The zero-order valence-electron chi connectivity index (χ0n) is 22.1. The molecule has 0 aliphatic rings. The van der Waals surface area contributed by atoms with Gasteiger partial charge in [-0.15, -0.1) is 0 Å². The van der Waals surface area contributed by atoms with Crippen molar-refractivity contribution in [3.8, 4) is 16.9 Å². The minimum Gasteiger partial charge on any atom is -0.352 e. The summed E-state index contributed by atoms with van der Waals surface area (Å²) in [6, 6.07) is 8.49. The van der Waals surface area contributed by atoms with E-state index in [1.807, 2.05) is 20.8 Å². The van der Waals surface area contributed by atoms with Crippen LogP contribution in [0.2, 0.25) is 0 Å². The smallest absolute Gasteiger partial charge is 0.256 e. The number of nitrogens with one attached hydrogen (secondary N) is 2. The molecule has 0 spiro atoms. The van der Waals surface area contributed by atoms with Gasteiger partial charge in [0.1, 0.15) is 23.1 Å². The van der Waals surface area contributed by atoms with E-state index >= 15 is 4.39 Å². The van der Waals surface area contributed by atoms with Gasteiger partial charge in [-0.3, -0.25) is 19.6 Å². The topological polar surface area (TPSA) is 92.2 Å². The average Bonchev–Trinajstić information content (AvgIpc) is 2.92. The summed E-state index contributed by atoms with van der Waals surface area (Å²) in [6.07, 6.45) is 0.702. The van der Waals surface area contributed by atoms with Crippen LogP contribution in [-0.2, 0) is 0 Å². The molecule has 0 bridgehead atoms. The van der Waals surface area contributed by atoms with Crippen LogP contribution >= 0.6 is 0 Å². The standard InChI is InChI=1S/C28H29F3N6O2/c1-5-13-32-27(39)17-14-19(16(4)22(31)15-17)24-18-11-12-23(38)37(25-20(29)9-8-10-21(25)30)26(18)34-28(33-24)35-36(6-2)7-3/h8-12,14-15H,5-7,13H2,1-4H3,(H,32,39)(H,33,34,35). The molecule has 4 aromatic rings. The van der Waals surface area contributed by atoms with E-state index in [4.69, 9.17) is 0 Å². The van der Waals surface area contributed by atoms with Crippen LogP contribution in [0.4, 0.5) is 19.1 Å². The van der Waals surface area contributed by atoms with Gasteiger partial charge in [0.05, 0.1) is 5.69 Å². The van der Waals surface area contributed by atoms with Gasteiger partial charge in [-0.05, 0) is 49.2 Å². The Kier molecular flexibility index (Phi) is 8.29. The van der Waals surface area contributed by atoms with Gasteiger partial charge in [-0.1, -0.05) is 26.8 Å². The normalized spacial score (nSPS) is 11.3. The van der Waals surface area contributed by atoms with Gasteiger partial charge in [0.25, 0.3) is 11.5 Å². The average molecular weight is 539 g/mol. The number of fused-ring (bicyclic) bond motifs is 1. The van der Waals surface area contributed by atoms with Crippen LogP contribution < -0.4 is 16.3 Å². The second kappa shape index (κ2) is 11.6. The van der Waals surface area contributed by atoms with Gasteiger partial charge in [0.15, 0.2) is 5.65 Å². The molecule has 39 heavy (non-hydrogen) atoms. The van der Waals surface area contributed by atoms with E-state index in [0.717, 1.165) is 28.8 Å². The first-order chi connectivity index (χ1) is 18.7. The first kappa shape index (κ1) is 27.8. The van der Waals surface area contributed by atoms with Crippen molar-refractivity contribution in [1.29, 1.82) is 0 Å². The molecule has 4 rings (SSSR count). The number of halogens is 3. The highest BCUT2D eigenvalue weighted by molar-refractivity contribution is 5.98. The number of anilines is 1. The number of hydrogen-bond acceptors (Lipinski definition) is 6. The van der Waals surface area contributed by atoms with Crippen LogP contribution in [0.5, 0.6) is 0 Å². The number of hydrogen-bond donors (Lipinski definition) is 2. The van der Waals surface area contributed by atoms with E-state index in [2.05, 4.69) is 20.7 Å². The lowest BCUT2D eigenvalue weighted by Crippen LogP contribution is -2.31. The lowest BCUT2D eigenvalue weighted by atomic mass is 9.98. The molecule has 0 radical (unpaired) electrons. The molecule has 0 saturated carbocycles. The van der Waals surface area contributed by atoms with E-state index in [1.54, 1.807) is 5.01 Å². The number of aromatic nitrogens is 3. The van der Waals surface area contributed by atoms with Gasteiger partial charge in [0.2, 0.25) is 5.95 Å². The predicted octanol–water partition coefficient (Wildman–Crippen LogP) is 4.98. The number of para-hydroxylation sites is 1. The molecule has 0 atom stereocenters. The monoisotopic (exact) mass is 538 g/mol. The molecule has 2 N–H and O–H groups in total. The van der Waals surface area contributed by atoms with Crippen molar-refractivity contribution in [2.75, 3.05) is 25.1 Å². The number of hydrazine groups is 1. The summed E-state index contributed by atoms with van der Waals surface area (Å²) in [6.45, 7) is 8.79. The molecule has 2 heterocycles. The van der Waals surface area contributed by atoms with Crippen molar-refractivity contribution in [3.05, 3.63) is 81.4 Å². The molecular weight excluding hydrogens is 509 g/mol. The third-order valence-corrected chi connectivity index (χ3v) is 6.33. The van der Waals surface area contributed by atoms with Crippen LogP contribution in [-0.4, -0.2) is 45.1 Å². The maximum atomic E-state index is 15.1. The van der Waals surface area contributed by atoms with Gasteiger partial charge >= 0.3 is 0 Å². The highest BCUT2D eigenvalue weighted by Crippen LogP contribution is 2.33. The van der Waals surface area contributed by atoms with Crippen LogP contribution in [0.1, 0.15) is 43.1 Å². The molecule has 0 aliphatic carbocycles. The molecule has 8 nitrogen and oxygen atoms in total. The summed E-state index contributed by atoms with van der Waals surface area (Å²) < 4.78 is 45.7. The number of nitrogens with zero attached hydrogens (tertiary/aromatic N) is 4. The minimum absolute atomic E-state index is 0.0259. The highest BCUT2D eigenvalue weighted by Gasteiger charge is 2.22. The van der Waals surface area contributed by atoms with E-state index in [0.29, 0.717) is 26.1 Å². The second-order valence-corrected chi connectivity index (χ2v) is 8.88. The summed E-state index contributed by atoms with van der Waals surface area (Å²) in [4.78, 5) is 34.8. The molecule has 2 aromatic carbocycles. The van der Waals surface area contributed by atoms with Gasteiger partial charge in [0, 0.05) is 42.2 Å². The summed E-state index contributed by atoms with van der Waals surface area (Å²) in [7, 11) is 0. The number of pyridine rings is 1. The number of carbonyl (C=O) groups excluding carboxylic acids is 1. The molecule has 0 unspecified atom stereocenters. The van der Waals surface area contributed by atoms with E-state index < -0.39 is 34.6 Å². The highest BCUT2D eigenvalue weighted by atomic mass is 19.1. The third-order valence-electron chi connectivity index (χ3n) is 6.33. The van der Waals surface area contributed by atoms with Gasteiger partial charge < -0.3 is 5.32 Å².